The van der Waals surface area contributed by atoms with E-state index in [-0.39, 0.29) is 27.1 Å². The highest BCUT2D eigenvalue weighted by Crippen LogP contribution is 2.09. The van der Waals surface area contributed by atoms with Gasteiger partial charge in [0.15, 0.2) is 0 Å². The van der Waals surface area contributed by atoms with E-state index in [1.54, 1.807) is 12.1 Å². The first-order valence-electron chi connectivity index (χ1n) is 11.6. The number of hydrogen-bond donors (Lipinski definition) is 5. The van der Waals surface area contributed by atoms with Crippen molar-refractivity contribution in [2.75, 3.05) is 0 Å². The lowest BCUT2D eigenvalue weighted by Gasteiger charge is -2.21. The molecule has 0 saturated carbocycles. The van der Waals surface area contributed by atoms with Gasteiger partial charge in [0.05, 0.1) is 0 Å². The SMILES string of the molecule is O=C(N[C@@H](CCc1ccccc1)C(=O)N[C@@H](Cc1ccccc1)C(=O)O)OCc1ccccc1.O[B]O. The monoisotopic (exact) mass is 505 g/mol. The smallest absolute Gasteiger partial charge is 0.480 e. The first kappa shape index (κ1) is 29.1. The van der Waals surface area contributed by atoms with Gasteiger partial charge in [-0.3, -0.25) is 4.79 Å². The maximum Gasteiger partial charge on any atom is 0.482 e. The molecule has 0 saturated heterocycles. The number of carboxylic acid groups (broad SMARTS) is 1. The summed E-state index contributed by atoms with van der Waals surface area (Å²) in [5.41, 5.74) is 2.60. The summed E-state index contributed by atoms with van der Waals surface area (Å²) in [5, 5.41) is 28.8. The predicted octanol–water partition coefficient (Wildman–Crippen LogP) is 2.23. The van der Waals surface area contributed by atoms with Gasteiger partial charge in [0, 0.05) is 6.42 Å². The highest BCUT2D eigenvalue weighted by molar-refractivity contribution is 6.13. The molecule has 3 rings (SSSR count). The Hall–Kier alpha value is -4.15. The van der Waals surface area contributed by atoms with Gasteiger partial charge in [-0.15, -0.1) is 0 Å². The number of aryl methyl sites for hydroxylation is 1. The van der Waals surface area contributed by atoms with Crippen molar-refractivity contribution in [1.82, 2.24) is 10.6 Å². The van der Waals surface area contributed by atoms with Crippen LogP contribution in [0.15, 0.2) is 91.0 Å². The van der Waals surface area contributed by atoms with Gasteiger partial charge in [0.2, 0.25) is 5.91 Å². The van der Waals surface area contributed by atoms with Crippen molar-refractivity contribution < 1.29 is 34.3 Å². The quantitative estimate of drug-likeness (QED) is 0.251. The summed E-state index contributed by atoms with van der Waals surface area (Å²) < 4.78 is 5.26. The van der Waals surface area contributed by atoms with Crippen molar-refractivity contribution in [3.8, 4) is 0 Å². The number of benzene rings is 3. The molecule has 0 aliphatic rings. The zero-order valence-corrected chi connectivity index (χ0v) is 20.2. The minimum Gasteiger partial charge on any atom is -0.480 e. The number of carboxylic acids is 1. The van der Waals surface area contributed by atoms with E-state index in [9.17, 15) is 19.5 Å². The Kier molecular flexibility index (Phi) is 13.0. The van der Waals surface area contributed by atoms with E-state index in [2.05, 4.69) is 10.6 Å². The van der Waals surface area contributed by atoms with Gasteiger partial charge in [-0.1, -0.05) is 91.0 Å². The molecule has 0 aromatic heterocycles. The molecule has 0 aliphatic heterocycles. The lowest BCUT2D eigenvalue weighted by molar-refractivity contribution is -0.142. The van der Waals surface area contributed by atoms with Gasteiger partial charge >= 0.3 is 19.7 Å². The Labute approximate surface area is 216 Å². The zero-order chi connectivity index (χ0) is 26.9. The number of hydrogen-bond acceptors (Lipinski definition) is 6. The average molecular weight is 505 g/mol. The van der Waals surface area contributed by atoms with Crippen molar-refractivity contribution in [2.45, 2.75) is 38.0 Å². The van der Waals surface area contributed by atoms with Gasteiger partial charge in [0.1, 0.15) is 18.7 Å². The molecule has 0 aliphatic carbocycles. The molecule has 2 atom stereocenters. The molecule has 0 bridgehead atoms. The standard InChI is InChI=1S/C27H28N2O5.BH2O2/c30-25(28-24(26(31)32)18-21-12-6-2-7-13-21)23(17-16-20-10-4-1-5-11-20)29-27(33)34-19-22-14-8-3-9-15-22;2-1-3/h1-15,23-24H,16-19H2,(H,28,30)(H,29,33)(H,31,32);2-3H/t23-,24-;/m0./s1. The molecular formula is C27H30BN2O7. The minimum atomic E-state index is -1.15. The first-order chi connectivity index (χ1) is 17.9. The molecule has 10 heteroatoms. The summed E-state index contributed by atoms with van der Waals surface area (Å²) in [6, 6.07) is 25.7. The van der Waals surface area contributed by atoms with E-state index in [4.69, 9.17) is 14.8 Å². The van der Waals surface area contributed by atoms with Crippen LogP contribution in [0.5, 0.6) is 0 Å². The van der Waals surface area contributed by atoms with Crippen LogP contribution in [0.25, 0.3) is 0 Å². The second-order valence-corrected chi connectivity index (χ2v) is 7.99. The molecule has 3 aromatic rings. The number of nitrogens with one attached hydrogen (secondary N) is 2. The predicted molar refractivity (Wildman–Crippen MR) is 138 cm³/mol. The topological polar surface area (TPSA) is 145 Å². The molecule has 1 radical (unpaired) electrons. The molecule has 193 valence electrons. The largest absolute Gasteiger partial charge is 0.482 e. The number of alkyl carbamates (subject to hydrolysis) is 1. The van der Waals surface area contributed by atoms with Gasteiger partial charge in [0.25, 0.3) is 0 Å². The Morgan fingerprint density at radius 1 is 0.730 bits per heavy atom. The van der Waals surface area contributed by atoms with Crippen molar-refractivity contribution in [1.29, 1.82) is 0 Å². The number of aliphatic carboxylic acids is 1. The van der Waals surface area contributed by atoms with Crippen molar-refractivity contribution in [3.63, 3.8) is 0 Å². The number of ether oxygens (including phenoxy) is 1. The average Bonchev–Trinajstić information content (AvgIpc) is 2.91. The van der Waals surface area contributed by atoms with E-state index in [0.29, 0.717) is 6.42 Å². The Morgan fingerprint density at radius 3 is 1.73 bits per heavy atom. The van der Waals surface area contributed by atoms with Crippen LogP contribution in [0.3, 0.4) is 0 Å². The van der Waals surface area contributed by atoms with Crippen molar-refractivity contribution in [3.05, 3.63) is 108 Å². The number of rotatable bonds is 11. The molecule has 3 aromatic carbocycles. The fourth-order valence-electron chi connectivity index (χ4n) is 3.45. The number of carbonyl (C=O) groups excluding carboxylic acids is 2. The minimum absolute atomic E-state index is 0. The molecule has 0 unspecified atom stereocenters. The summed E-state index contributed by atoms with van der Waals surface area (Å²) in [6.45, 7) is 0.0610. The fraction of sp³-hybridized carbons (Fsp3) is 0.222. The van der Waals surface area contributed by atoms with Crippen LogP contribution in [-0.4, -0.2) is 52.9 Å². The van der Waals surface area contributed by atoms with Crippen LogP contribution in [0.1, 0.15) is 23.1 Å². The van der Waals surface area contributed by atoms with Crippen LogP contribution < -0.4 is 10.6 Å². The maximum atomic E-state index is 13.0. The normalized spacial score (nSPS) is 11.6. The lowest BCUT2D eigenvalue weighted by Crippen LogP contribution is -2.52. The summed E-state index contributed by atoms with van der Waals surface area (Å²) >= 11 is 0. The molecule has 37 heavy (non-hydrogen) atoms. The summed E-state index contributed by atoms with van der Waals surface area (Å²) in [6.07, 6.45) is 0.195. The van der Waals surface area contributed by atoms with Crippen molar-refractivity contribution in [2.24, 2.45) is 0 Å². The van der Waals surface area contributed by atoms with E-state index in [1.807, 2.05) is 78.9 Å². The van der Waals surface area contributed by atoms with Gasteiger partial charge in [-0.25, -0.2) is 9.59 Å². The van der Waals surface area contributed by atoms with Crippen LogP contribution >= 0.6 is 0 Å². The second kappa shape index (κ2) is 16.5. The highest BCUT2D eigenvalue weighted by Gasteiger charge is 2.27. The van der Waals surface area contributed by atoms with Crippen LogP contribution in [0, 0.1) is 0 Å². The molecule has 0 spiro atoms. The third-order valence-electron chi connectivity index (χ3n) is 5.28. The Bertz CT molecular complexity index is 1090. The second-order valence-electron chi connectivity index (χ2n) is 7.99. The van der Waals surface area contributed by atoms with Crippen LogP contribution in [0.4, 0.5) is 4.79 Å². The van der Waals surface area contributed by atoms with E-state index in [0.717, 1.165) is 16.7 Å². The summed E-state index contributed by atoms with van der Waals surface area (Å²) in [4.78, 5) is 37.3. The fourth-order valence-corrected chi connectivity index (χ4v) is 3.45. The summed E-state index contributed by atoms with van der Waals surface area (Å²) in [5.74, 6) is -1.72. The van der Waals surface area contributed by atoms with Gasteiger partial charge in [-0.2, -0.15) is 0 Å². The molecule has 0 heterocycles. The van der Waals surface area contributed by atoms with E-state index in [1.165, 1.54) is 0 Å². The third kappa shape index (κ3) is 11.4. The van der Waals surface area contributed by atoms with Gasteiger partial charge < -0.3 is 30.5 Å². The van der Waals surface area contributed by atoms with Crippen LogP contribution in [0.2, 0.25) is 0 Å². The molecular weight excluding hydrogens is 475 g/mol. The maximum absolute atomic E-state index is 13.0. The molecule has 9 nitrogen and oxygen atoms in total. The first-order valence-corrected chi connectivity index (χ1v) is 11.6. The Morgan fingerprint density at radius 2 is 1.22 bits per heavy atom. The number of carbonyl (C=O) groups is 3. The van der Waals surface area contributed by atoms with Gasteiger partial charge in [-0.05, 0) is 29.5 Å². The lowest BCUT2D eigenvalue weighted by atomic mass is 10.0. The number of amides is 2. The van der Waals surface area contributed by atoms with Crippen molar-refractivity contribution >= 4 is 25.7 Å². The zero-order valence-electron chi connectivity index (χ0n) is 20.2. The van der Waals surface area contributed by atoms with Crippen LogP contribution in [-0.2, 0) is 33.8 Å². The third-order valence-corrected chi connectivity index (χ3v) is 5.28. The Balaban J connectivity index is 0.00000153. The molecule has 5 N–H and O–H groups in total. The molecule has 0 fully saturated rings. The highest BCUT2D eigenvalue weighted by atomic mass is 16.5. The van der Waals surface area contributed by atoms with E-state index >= 15 is 0 Å². The molecule has 2 amide bonds. The van der Waals surface area contributed by atoms with E-state index < -0.39 is 30.1 Å². The summed E-state index contributed by atoms with van der Waals surface area (Å²) in [7, 11) is 0.